The molecule has 0 aliphatic rings. The maximum atomic E-state index is 12.9. The number of nitrogens with zero attached hydrogens (tertiary/aromatic N) is 1. The standard InChI is InChI=1S/C24H20ClN3O5S2/c1-14-19-11-8-17(25)13-20(19)34-24(14)35(32,33)27-22(30)15(2)26-23(31)16-6-9-18(10-7-16)28-12-4-3-5-21(28)29/h3-13,15H,1-2H3,(H,26,31)(H,27,30). The summed E-state index contributed by atoms with van der Waals surface area (Å²) in [6, 6.07) is 14.9. The van der Waals surface area contributed by atoms with Crippen LogP contribution in [0, 0.1) is 6.92 Å². The summed E-state index contributed by atoms with van der Waals surface area (Å²) < 4.78 is 29.9. The van der Waals surface area contributed by atoms with Gasteiger partial charge in [-0.3, -0.25) is 19.0 Å². The average molecular weight is 530 g/mol. The van der Waals surface area contributed by atoms with Crippen LogP contribution in [0.5, 0.6) is 0 Å². The largest absolute Gasteiger partial charge is 0.340 e. The zero-order valence-electron chi connectivity index (χ0n) is 18.6. The molecule has 1 unspecified atom stereocenters. The van der Waals surface area contributed by atoms with Gasteiger partial charge in [-0.25, -0.2) is 13.1 Å². The van der Waals surface area contributed by atoms with E-state index in [9.17, 15) is 22.8 Å². The summed E-state index contributed by atoms with van der Waals surface area (Å²) in [6.07, 6.45) is 1.61. The third-order valence-electron chi connectivity index (χ3n) is 5.31. The summed E-state index contributed by atoms with van der Waals surface area (Å²) in [7, 11) is -4.16. The van der Waals surface area contributed by atoms with Gasteiger partial charge in [0.25, 0.3) is 27.4 Å². The highest BCUT2D eigenvalue weighted by Gasteiger charge is 2.27. The van der Waals surface area contributed by atoms with Gasteiger partial charge in [0.15, 0.2) is 0 Å². The Bertz CT molecular complexity index is 1610. The van der Waals surface area contributed by atoms with Crippen LogP contribution in [0.4, 0.5) is 0 Å². The summed E-state index contributed by atoms with van der Waals surface area (Å²) in [6.45, 7) is 3.04. The van der Waals surface area contributed by atoms with Crippen LogP contribution < -0.4 is 15.6 Å². The highest BCUT2D eigenvalue weighted by molar-refractivity contribution is 7.92. The number of halogens is 1. The van der Waals surface area contributed by atoms with Crippen molar-refractivity contribution < 1.29 is 18.0 Å². The van der Waals surface area contributed by atoms with E-state index in [4.69, 9.17) is 11.6 Å². The van der Waals surface area contributed by atoms with Gasteiger partial charge in [0.2, 0.25) is 0 Å². The maximum Gasteiger partial charge on any atom is 0.273 e. The molecule has 0 aliphatic carbocycles. The second-order valence-electron chi connectivity index (χ2n) is 7.78. The summed E-state index contributed by atoms with van der Waals surface area (Å²) in [4.78, 5) is 37.1. The Kier molecular flexibility index (Phi) is 6.79. The zero-order chi connectivity index (χ0) is 25.3. The highest BCUT2D eigenvalue weighted by Crippen LogP contribution is 2.35. The molecule has 0 aliphatic heterocycles. The van der Waals surface area contributed by atoms with E-state index in [1.54, 1.807) is 55.6 Å². The van der Waals surface area contributed by atoms with Crippen LogP contribution in [0.3, 0.4) is 0 Å². The first-order valence-corrected chi connectivity index (χ1v) is 13.1. The Morgan fingerprint density at radius 2 is 1.77 bits per heavy atom. The molecule has 2 aromatic carbocycles. The summed E-state index contributed by atoms with van der Waals surface area (Å²) in [5.41, 5.74) is 1.12. The molecule has 0 saturated heterocycles. The fourth-order valence-corrected chi connectivity index (χ4v) is 6.56. The Labute approximate surface area is 210 Å². The normalized spacial score (nSPS) is 12.3. The number of pyridine rings is 1. The van der Waals surface area contributed by atoms with E-state index < -0.39 is 27.9 Å². The summed E-state index contributed by atoms with van der Waals surface area (Å²) in [5, 5.41) is 3.70. The number of sulfonamides is 1. The van der Waals surface area contributed by atoms with Crippen LogP contribution >= 0.6 is 22.9 Å². The number of hydrogen-bond donors (Lipinski definition) is 2. The van der Waals surface area contributed by atoms with Crippen LogP contribution in [0.1, 0.15) is 22.8 Å². The number of amides is 2. The molecule has 0 saturated carbocycles. The SMILES string of the molecule is Cc1c(S(=O)(=O)NC(=O)C(C)NC(=O)c2ccc(-n3ccccc3=O)cc2)sc2cc(Cl)ccc12. The molecule has 8 nitrogen and oxygen atoms in total. The molecule has 11 heteroatoms. The van der Waals surface area contributed by atoms with Crippen molar-refractivity contribution in [1.82, 2.24) is 14.6 Å². The third-order valence-corrected chi connectivity index (χ3v) is 8.76. The van der Waals surface area contributed by atoms with Crippen molar-refractivity contribution in [1.29, 1.82) is 0 Å². The number of aromatic nitrogens is 1. The second-order valence-corrected chi connectivity index (χ2v) is 11.1. The van der Waals surface area contributed by atoms with Crippen molar-refractivity contribution in [3.63, 3.8) is 0 Å². The van der Waals surface area contributed by atoms with E-state index >= 15 is 0 Å². The minimum Gasteiger partial charge on any atom is -0.340 e. The third kappa shape index (κ3) is 5.14. The topological polar surface area (TPSA) is 114 Å². The second kappa shape index (κ2) is 9.65. The predicted octanol–water partition coefficient (Wildman–Crippen LogP) is 3.64. The lowest BCUT2D eigenvalue weighted by molar-refractivity contribution is -0.120. The molecule has 1 atom stereocenters. The smallest absolute Gasteiger partial charge is 0.273 e. The van der Waals surface area contributed by atoms with E-state index in [1.165, 1.54) is 29.7 Å². The fourth-order valence-electron chi connectivity index (χ4n) is 3.46. The van der Waals surface area contributed by atoms with Crippen LogP contribution in [-0.4, -0.2) is 30.8 Å². The van der Waals surface area contributed by atoms with E-state index in [2.05, 4.69) is 5.32 Å². The molecule has 4 aromatic rings. The molecule has 180 valence electrons. The first kappa shape index (κ1) is 24.6. The van der Waals surface area contributed by atoms with Crippen LogP contribution in [-0.2, 0) is 14.8 Å². The van der Waals surface area contributed by atoms with Crippen LogP contribution in [0.15, 0.2) is 75.9 Å². The average Bonchev–Trinajstić information content (AvgIpc) is 3.15. The van der Waals surface area contributed by atoms with E-state index in [0.717, 1.165) is 16.7 Å². The molecule has 4 rings (SSSR count). The molecular weight excluding hydrogens is 510 g/mol. The number of thiophene rings is 1. The molecule has 0 fully saturated rings. The van der Waals surface area contributed by atoms with Gasteiger partial charge in [0.05, 0.1) is 0 Å². The molecule has 35 heavy (non-hydrogen) atoms. The van der Waals surface area contributed by atoms with Crippen molar-refractivity contribution in [2.75, 3.05) is 0 Å². The Morgan fingerprint density at radius 3 is 2.46 bits per heavy atom. The van der Waals surface area contributed by atoms with Gasteiger partial charge in [-0.05, 0) is 67.3 Å². The predicted molar refractivity (Wildman–Crippen MR) is 136 cm³/mol. The minimum atomic E-state index is -4.16. The number of nitrogens with one attached hydrogen (secondary N) is 2. The Balaban J connectivity index is 1.45. The number of hydrogen-bond acceptors (Lipinski definition) is 6. The highest BCUT2D eigenvalue weighted by atomic mass is 35.5. The number of fused-ring (bicyclic) bond motifs is 1. The van der Waals surface area contributed by atoms with Gasteiger partial charge in [0.1, 0.15) is 10.3 Å². The van der Waals surface area contributed by atoms with Gasteiger partial charge < -0.3 is 5.32 Å². The van der Waals surface area contributed by atoms with E-state index in [1.807, 2.05) is 4.72 Å². The van der Waals surface area contributed by atoms with Crippen molar-refractivity contribution in [3.05, 3.63) is 93.4 Å². The molecule has 2 heterocycles. The summed E-state index contributed by atoms with van der Waals surface area (Å²) >= 11 is 7.01. The number of carbonyl (C=O) groups is 2. The lowest BCUT2D eigenvalue weighted by atomic mass is 10.1. The van der Waals surface area contributed by atoms with Crippen molar-refractivity contribution in [3.8, 4) is 5.69 Å². The van der Waals surface area contributed by atoms with E-state index in [0.29, 0.717) is 21.0 Å². The monoisotopic (exact) mass is 529 g/mol. The molecule has 0 radical (unpaired) electrons. The first-order chi connectivity index (χ1) is 16.6. The zero-order valence-corrected chi connectivity index (χ0v) is 21.0. The lowest BCUT2D eigenvalue weighted by Gasteiger charge is -2.14. The van der Waals surface area contributed by atoms with Gasteiger partial charge in [-0.2, -0.15) is 0 Å². The molecule has 0 bridgehead atoms. The number of aryl methyl sites for hydroxylation is 1. The van der Waals surface area contributed by atoms with Gasteiger partial charge in [0, 0.05) is 33.2 Å². The Hall–Kier alpha value is -3.47. The van der Waals surface area contributed by atoms with Crippen LogP contribution in [0.25, 0.3) is 15.8 Å². The molecule has 0 spiro atoms. The number of carbonyl (C=O) groups excluding carboxylic acids is 2. The molecule has 2 amide bonds. The van der Waals surface area contributed by atoms with Crippen LogP contribution in [0.2, 0.25) is 5.02 Å². The number of rotatable bonds is 6. The quantitative estimate of drug-likeness (QED) is 0.396. The van der Waals surface area contributed by atoms with Gasteiger partial charge in [-0.15, -0.1) is 11.3 Å². The minimum absolute atomic E-state index is 0.00777. The maximum absolute atomic E-state index is 12.9. The fraction of sp³-hybridized carbons (Fsp3) is 0.125. The van der Waals surface area contributed by atoms with Crippen molar-refractivity contribution in [2.45, 2.75) is 24.1 Å². The van der Waals surface area contributed by atoms with Crippen molar-refractivity contribution in [2.24, 2.45) is 0 Å². The van der Waals surface area contributed by atoms with Crippen molar-refractivity contribution >= 4 is 54.9 Å². The Morgan fingerprint density at radius 1 is 1.06 bits per heavy atom. The molecular formula is C24H20ClN3O5S2. The van der Waals surface area contributed by atoms with Gasteiger partial charge >= 0.3 is 0 Å². The molecule has 2 N–H and O–H groups in total. The van der Waals surface area contributed by atoms with E-state index in [-0.39, 0.29) is 15.3 Å². The number of benzene rings is 2. The molecule has 2 aromatic heterocycles. The summed E-state index contributed by atoms with van der Waals surface area (Å²) in [5.74, 6) is -1.44. The van der Waals surface area contributed by atoms with Gasteiger partial charge in [-0.1, -0.05) is 23.7 Å². The lowest BCUT2D eigenvalue weighted by Crippen LogP contribution is -2.46. The first-order valence-electron chi connectivity index (χ1n) is 10.4.